The van der Waals surface area contributed by atoms with Gasteiger partial charge in [0, 0.05) is 26.7 Å². The number of nitrogens with zero attached hydrogens (tertiary/aromatic N) is 1. The van der Waals surface area contributed by atoms with Crippen molar-refractivity contribution in [2.24, 2.45) is 0 Å². The van der Waals surface area contributed by atoms with E-state index in [1.807, 2.05) is 24.3 Å². The molecule has 0 fully saturated rings. The molecule has 26 heavy (non-hydrogen) atoms. The number of rotatable bonds is 3. The van der Waals surface area contributed by atoms with Gasteiger partial charge in [-0.15, -0.1) is 0 Å². The molecule has 0 saturated heterocycles. The van der Waals surface area contributed by atoms with Gasteiger partial charge in [-0.05, 0) is 49.4 Å². The van der Waals surface area contributed by atoms with E-state index in [-0.39, 0.29) is 12.6 Å². The Morgan fingerprint density at radius 3 is 2.54 bits per heavy atom. The van der Waals surface area contributed by atoms with E-state index in [1.54, 1.807) is 18.2 Å². The molecule has 4 rings (SSSR count). The van der Waals surface area contributed by atoms with Crippen LogP contribution in [0.4, 0.5) is 0 Å². The zero-order valence-electron chi connectivity index (χ0n) is 14.1. The number of fused-ring (bicyclic) bond motifs is 2. The van der Waals surface area contributed by atoms with E-state index in [0.717, 1.165) is 47.8 Å². The number of carbonyl (C=O) groups is 1. The average Bonchev–Trinajstić information content (AvgIpc) is 2.65. The second-order valence-electron chi connectivity index (χ2n) is 6.41. The summed E-state index contributed by atoms with van der Waals surface area (Å²) < 4.78 is 5.61. The van der Waals surface area contributed by atoms with Gasteiger partial charge < -0.3 is 4.74 Å². The molecule has 0 bridgehead atoms. The Kier molecular flexibility index (Phi) is 4.84. The van der Waals surface area contributed by atoms with Crippen molar-refractivity contribution in [2.75, 3.05) is 0 Å². The highest BCUT2D eigenvalue weighted by Crippen LogP contribution is 2.31. The summed E-state index contributed by atoms with van der Waals surface area (Å²) in [6.45, 7) is 0.0444. The van der Waals surface area contributed by atoms with Gasteiger partial charge in [-0.3, -0.25) is 4.98 Å². The van der Waals surface area contributed by atoms with Crippen molar-refractivity contribution in [3.05, 3.63) is 74.9 Å². The number of benzene rings is 2. The van der Waals surface area contributed by atoms with Crippen LogP contribution in [0.15, 0.2) is 42.5 Å². The van der Waals surface area contributed by atoms with E-state index in [2.05, 4.69) is 0 Å². The SMILES string of the molecule is O=C(OCc1c(Cl)cccc1Cl)c1c2c(nc3ccccc13)CCCC2. The molecular weight excluding hydrogens is 369 g/mol. The fourth-order valence-corrected chi connectivity index (χ4v) is 3.99. The monoisotopic (exact) mass is 385 g/mol. The van der Waals surface area contributed by atoms with Crippen LogP contribution in [0.25, 0.3) is 10.9 Å². The van der Waals surface area contributed by atoms with E-state index in [4.69, 9.17) is 32.9 Å². The molecule has 1 aliphatic carbocycles. The number of esters is 1. The first-order chi connectivity index (χ1) is 12.6. The quantitative estimate of drug-likeness (QED) is 0.536. The number of carbonyl (C=O) groups excluding carboxylic acids is 1. The Morgan fingerprint density at radius 2 is 1.73 bits per heavy atom. The number of aromatic nitrogens is 1. The number of para-hydroxylation sites is 1. The maximum absolute atomic E-state index is 13.0. The third kappa shape index (κ3) is 3.17. The highest BCUT2D eigenvalue weighted by Gasteiger charge is 2.24. The first-order valence-electron chi connectivity index (χ1n) is 8.65. The van der Waals surface area contributed by atoms with Gasteiger partial charge in [-0.2, -0.15) is 0 Å². The molecule has 2 aromatic carbocycles. The lowest BCUT2D eigenvalue weighted by atomic mass is 9.90. The molecule has 0 unspecified atom stereocenters. The first kappa shape index (κ1) is 17.3. The molecule has 0 N–H and O–H groups in total. The molecule has 1 aromatic heterocycles. The van der Waals surface area contributed by atoms with Crippen LogP contribution in [0.3, 0.4) is 0 Å². The van der Waals surface area contributed by atoms with E-state index < -0.39 is 0 Å². The Morgan fingerprint density at radius 1 is 1.00 bits per heavy atom. The molecule has 3 nitrogen and oxygen atoms in total. The minimum atomic E-state index is -0.349. The summed E-state index contributed by atoms with van der Waals surface area (Å²) in [5.41, 5.74) is 4.11. The van der Waals surface area contributed by atoms with Crippen LogP contribution in [0, 0.1) is 0 Å². The van der Waals surface area contributed by atoms with Crippen LogP contribution < -0.4 is 0 Å². The van der Waals surface area contributed by atoms with Crippen LogP contribution in [0.5, 0.6) is 0 Å². The minimum absolute atomic E-state index is 0.0444. The average molecular weight is 386 g/mol. The van der Waals surface area contributed by atoms with Gasteiger partial charge in [-0.25, -0.2) is 4.79 Å². The van der Waals surface area contributed by atoms with Crippen LogP contribution in [0.1, 0.15) is 40.0 Å². The van der Waals surface area contributed by atoms with Crippen LogP contribution >= 0.6 is 23.2 Å². The van der Waals surface area contributed by atoms with Crippen molar-refractivity contribution >= 4 is 40.1 Å². The topological polar surface area (TPSA) is 39.2 Å². The van der Waals surface area contributed by atoms with Gasteiger partial charge in [-0.1, -0.05) is 47.5 Å². The highest BCUT2D eigenvalue weighted by atomic mass is 35.5. The Balaban J connectivity index is 1.72. The smallest absolute Gasteiger partial charge is 0.339 e. The van der Waals surface area contributed by atoms with Crippen LogP contribution in [-0.2, 0) is 24.2 Å². The predicted octanol–water partition coefficient (Wildman–Crippen LogP) is 5.78. The van der Waals surface area contributed by atoms with E-state index >= 15 is 0 Å². The Bertz CT molecular complexity index is 980. The second-order valence-corrected chi connectivity index (χ2v) is 7.23. The lowest BCUT2D eigenvalue weighted by Crippen LogP contribution is -2.15. The van der Waals surface area contributed by atoms with Crippen molar-refractivity contribution in [3.63, 3.8) is 0 Å². The Hall–Kier alpha value is -2.10. The van der Waals surface area contributed by atoms with Crippen molar-refractivity contribution < 1.29 is 9.53 Å². The van der Waals surface area contributed by atoms with Crippen LogP contribution in [-0.4, -0.2) is 11.0 Å². The van der Waals surface area contributed by atoms with Crippen molar-refractivity contribution in [2.45, 2.75) is 32.3 Å². The third-order valence-electron chi connectivity index (χ3n) is 4.78. The second kappa shape index (κ2) is 7.26. The van der Waals surface area contributed by atoms with Crippen LogP contribution in [0.2, 0.25) is 10.0 Å². The summed E-state index contributed by atoms with van der Waals surface area (Å²) in [5.74, 6) is -0.349. The predicted molar refractivity (Wildman–Crippen MR) is 104 cm³/mol. The lowest BCUT2D eigenvalue weighted by molar-refractivity contribution is 0.0473. The molecule has 1 aliphatic rings. The third-order valence-corrected chi connectivity index (χ3v) is 5.49. The lowest BCUT2D eigenvalue weighted by Gasteiger charge is -2.20. The van der Waals surface area contributed by atoms with E-state index in [1.165, 1.54) is 0 Å². The summed E-state index contributed by atoms with van der Waals surface area (Å²) >= 11 is 12.4. The maximum atomic E-state index is 13.0. The maximum Gasteiger partial charge on any atom is 0.339 e. The summed E-state index contributed by atoms with van der Waals surface area (Å²) in [7, 11) is 0. The number of hydrogen-bond donors (Lipinski definition) is 0. The fraction of sp³-hybridized carbons (Fsp3) is 0.238. The molecule has 1 heterocycles. The van der Waals surface area contributed by atoms with Gasteiger partial charge in [0.25, 0.3) is 0 Å². The van der Waals surface area contributed by atoms with Gasteiger partial charge in [0.2, 0.25) is 0 Å². The number of pyridine rings is 1. The molecule has 0 amide bonds. The van der Waals surface area contributed by atoms with Gasteiger partial charge >= 0.3 is 5.97 Å². The molecule has 132 valence electrons. The van der Waals surface area contributed by atoms with Crippen molar-refractivity contribution in [1.82, 2.24) is 4.98 Å². The normalized spacial score (nSPS) is 13.5. The first-order valence-corrected chi connectivity index (χ1v) is 9.41. The standard InChI is InChI=1S/C21H17Cl2NO2/c22-16-8-5-9-17(23)15(16)12-26-21(25)20-13-6-1-3-10-18(13)24-19-11-4-2-7-14(19)20/h1,3,5-6,8-10H,2,4,7,11-12H2. The fourth-order valence-electron chi connectivity index (χ4n) is 3.49. The Labute approximate surface area is 161 Å². The van der Waals surface area contributed by atoms with Gasteiger partial charge in [0.05, 0.1) is 11.1 Å². The summed E-state index contributed by atoms with van der Waals surface area (Å²) in [6.07, 6.45) is 3.91. The highest BCUT2D eigenvalue weighted by molar-refractivity contribution is 6.36. The molecule has 0 aliphatic heterocycles. The number of ether oxygens (including phenoxy) is 1. The van der Waals surface area contributed by atoms with Gasteiger partial charge in [0.15, 0.2) is 0 Å². The molecule has 0 atom stereocenters. The van der Waals surface area contributed by atoms with E-state index in [9.17, 15) is 4.79 Å². The van der Waals surface area contributed by atoms with Gasteiger partial charge in [0.1, 0.15) is 6.61 Å². The summed E-state index contributed by atoms with van der Waals surface area (Å²) in [4.78, 5) is 17.7. The minimum Gasteiger partial charge on any atom is -0.457 e. The zero-order chi connectivity index (χ0) is 18.1. The number of halogens is 2. The molecule has 3 aromatic rings. The molecule has 5 heteroatoms. The van der Waals surface area contributed by atoms with Crippen molar-refractivity contribution in [1.29, 1.82) is 0 Å². The van der Waals surface area contributed by atoms with Crippen molar-refractivity contribution in [3.8, 4) is 0 Å². The molecular formula is C21H17Cl2NO2. The summed E-state index contributed by atoms with van der Waals surface area (Å²) in [6, 6.07) is 13.0. The number of aryl methyl sites for hydroxylation is 1. The molecule has 0 saturated carbocycles. The zero-order valence-corrected chi connectivity index (χ0v) is 15.6. The molecule has 0 radical (unpaired) electrons. The number of hydrogen-bond acceptors (Lipinski definition) is 3. The van der Waals surface area contributed by atoms with E-state index in [0.29, 0.717) is 21.2 Å². The largest absolute Gasteiger partial charge is 0.457 e. The molecule has 0 spiro atoms. The summed E-state index contributed by atoms with van der Waals surface area (Å²) in [5, 5.41) is 1.82.